The Kier molecular flexibility index (Phi) is 15.5. The Balaban J connectivity index is 1.93. The fraction of sp³-hybridized carbons (Fsp3) is 0.526. The Morgan fingerprint density at radius 2 is 1.76 bits per heavy atom. The number of rotatable bonds is 19. The monoisotopic (exact) mass is 746 g/mol. The lowest BCUT2D eigenvalue weighted by Gasteiger charge is -2.26. The van der Waals surface area contributed by atoms with Crippen molar-refractivity contribution in [3.8, 4) is 11.5 Å². The summed E-state index contributed by atoms with van der Waals surface area (Å²) in [6, 6.07) is 12.9. The quantitative estimate of drug-likeness (QED) is 0.0472. The summed E-state index contributed by atoms with van der Waals surface area (Å²) in [6.45, 7) is 12.5. The molecule has 13 heteroatoms. The summed E-state index contributed by atoms with van der Waals surface area (Å²) in [4.78, 5) is 26.8. The Hall–Kier alpha value is -3.49. The van der Waals surface area contributed by atoms with Gasteiger partial charge in [-0.25, -0.2) is 9.59 Å². The predicted molar refractivity (Wildman–Crippen MR) is 199 cm³/mol. The van der Waals surface area contributed by atoms with Crippen LogP contribution in [0, 0.1) is 5.92 Å². The molecule has 0 aromatic heterocycles. The van der Waals surface area contributed by atoms with Crippen LogP contribution in [-0.2, 0) is 33.2 Å². The van der Waals surface area contributed by atoms with Gasteiger partial charge in [-0.05, 0) is 81.8 Å². The first kappa shape index (κ1) is 41.9. The number of hydrogen-bond acceptors (Lipinski definition) is 11. The predicted octanol–water partition coefficient (Wildman–Crippen LogP) is 7.30. The number of allylic oxidation sites excluding steroid dienone is 1. The topological polar surface area (TPSA) is 133 Å². The van der Waals surface area contributed by atoms with Gasteiger partial charge in [0.05, 0.1) is 37.2 Å². The highest BCUT2D eigenvalue weighted by Gasteiger charge is 2.44. The van der Waals surface area contributed by atoms with Crippen molar-refractivity contribution in [1.82, 2.24) is 0 Å². The Morgan fingerprint density at radius 3 is 2.39 bits per heavy atom. The minimum absolute atomic E-state index is 0.0720. The van der Waals surface area contributed by atoms with Gasteiger partial charge in [-0.2, -0.15) is 8.42 Å². The number of hydrogen-bond donors (Lipinski definition) is 0. The lowest BCUT2D eigenvalue weighted by molar-refractivity contribution is -0.0723. The molecule has 51 heavy (non-hydrogen) atoms. The van der Waals surface area contributed by atoms with E-state index < -0.39 is 54.0 Å². The van der Waals surface area contributed by atoms with Gasteiger partial charge in [-0.15, -0.1) is 0 Å². The second-order valence-corrected chi connectivity index (χ2v) is 21.8. The molecule has 1 unspecified atom stereocenters. The maximum Gasteiger partial charge on any atom is 0.342 e. The summed E-state index contributed by atoms with van der Waals surface area (Å²) in [5.74, 6) is -0.331. The van der Waals surface area contributed by atoms with Crippen molar-refractivity contribution < 1.29 is 50.6 Å². The molecule has 2 aromatic rings. The molecule has 3 rings (SSSR count). The number of esters is 2. The molecule has 0 aliphatic carbocycles. The molecular formula is C38H54O11SSi. The van der Waals surface area contributed by atoms with Gasteiger partial charge in [0.15, 0.2) is 6.79 Å². The summed E-state index contributed by atoms with van der Waals surface area (Å²) in [7, 11) is -2.05. The van der Waals surface area contributed by atoms with Crippen LogP contribution in [0.15, 0.2) is 60.7 Å². The number of ether oxygens (including phenoxy) is 6. The number of benzene rings is 2. The maximum absolute atomic E-state index is 13.5. The van der Waals surface area contributed by atoms with Crippen molar-refractivity contribution in [2.24, 2.45) is 5.92 Å². The zero-order chi connectivity index (χ0) is 37.8. The second-order valence-electron chi connectivity index (χ2n) is 14.5. The van der Waals surface area contributed by atoms with E-state index in [1.165, 1.54) is 14.2 Å². The van der Waals surface area contributed by atoms with E-state index in [1.807, 2.05) is 32.1 Å². The molecule has 0 bridgehead atoms. The van der Waals surface area contributed by atoms with Crippen LogP contribution in [-0.4, -0.2) is 86.2 Å². The zero-order valence-electron chi connectivity index (χ0n) is 31.3. The number of methoxy groups -OCH3 is 2. The van der Waals surface area contributed by atoms with E-state index in [4.69, 9.17) is 32.6 Å². The average Bonchev–Trinajstić information content (AvgIpc) is 3.35. The molecule has 0 spiro atoms. The van der Waals surface area contributed by atoms with Crippen LogP contribution in [0.3, 0.4) is 0 Å². The van der Waals surface area contributed by atoms with Crippen molar-refractivity contribution in [3.63, 3.8) is 0 Å². The van der Waals surface area contributed by atoms with Gasteiger partial charge in [-0.3, -0.25) is 4.18 Å². The summed E-state index contributed by atoms with van der Waals surface area (Å²) in [5.41, 5.74) is 0.693. The van der Waals surface area contributed by atoms with Gasteiger partial charge in [0.25, 0.3) is 10.1 Å². The lowest BCUT2D eigenvalue weighted by atomic mass is 9.88. The smallest absolute Gasteiger partial charge is 0.342 e. The maximum atomic E-state index is 13.5. The molecule has 1 aliphatic rings. The van der Waals surface area contributed by atoms with E-state index in [-0.39, 0.29) is 30.4 Å². The van der Waals surface area contributed by atoms with Crippen molar-refractivity contribution >= 4 is 36.2 Å². The summed E-state index contributed by atoms with van der Waals surface area (Å²) in [6.07, 6.45) is 7.81. The fourth-order valence-electron chi connectivity index (χ4n) is 5.74. The van der Waals surface area contributed by atoms with Gasteiger partial charge in [0.2, 0.25) is 0 Å². The normalized spacial score (nSPS) is 18.8. The Bertz CT molecular complexity index is 1610. The highest BCUT2D eigenvalue weighted by Crippen LogP contribution is 2.40. The van der Waals surface area contributed by atoms with Crippen LogP contribution in [0.4, 0.5) is 0 Å². The molecule has 1 fully saturated rings. The largest absolute Gasteiger partial charge is 0.497 e. The van der Waals surface area contributed by atoms with Crippen LogP contribution in [0.25, 0.3) is 6.08 Å². The highest BCUT2D eigenvalue weighted by molar-refractivity contribution is 7.86. The molecule has 0 amide bonds. The molecule has 0 N–H and O–H groups in total. The molecule has 0 radical (unpaired) electrons. The van der Waals surface area contributed by atoms with Crippen LogP contribution in [0.1, 0.15) is 66.3 Å². The fourth-order valence-corrected chi connectivity index (χ4v) is 7.13. The molecule has 4 atom stereocenters. The van der Waals surface area contributed by atoms with Crippen LogP contribution in [0.5, 0.6) is 11.5 Å². The van der Waals surface area contributed by atoms with E-state index in [0.717, 1.165) is 12.3 Å². The molecular weight excluding hydrogens is 693 g/mol. The highest BCUT2D eigenvalue weighted by atomic mass is 32.2. The van der Waals surface area contributed by atoms with Crippen LogP contribution < -0.4 is 9.47 Å². The van der Waals surface area contributed by atoms with Gasteiger partial charge in [0.1, 0.15) is 29.3 Å². The third-order valence-electron chi connectivity index (χ3n) is 8.08. The SMILES string of the molecule is COCOc1cc(OC)cc(/C=C/C[C@@H]2CC(C)(C)O[C@@H]2C(/C=C\C[C@@H](C)OS(C)(=O)=O)OC(=O)c2ccccc2)c1C(=O)OCC[Si](C)(C)C. The van der Waals surface area contributed by atoms with Crippen molar-refractivity contribution in [2.75, 3.05) is 33.9 Å². The minimum atomic E-state index is -3.63. The van der Waals surface area contributed by atoms with E-state index in [2.05, 4.69) is 19.6 Å². The minimum Gasteiger partial charge on any atom is -0.497 e. The van der Waals surface area contributed by atoms with Gasteiger partial charge < -0.3 is 28.4 Å². The summed E-state index contributed by atoms with van der Waals surface area (Å²) in [5, 5.41) is 0. The molecule has 1 aliphatic heterocycles. The Labute approximate surface area is 304 Å². The molecule has 2 aromatic carbocycles. The van der Waals surface area contributed by atoms with Crippen molar-refractivity contribution in [1.29, 1.82) is 0 Å². The molecule has 11 nitrogen and oxygen atoms in total. The van der Waals surface area contributed by atoms with Gasteiger partial charge in [-0.1, -0.05) is 56.1 Å². The van der Waals surface area contributed by atoms with Crippen LogP contribution in [0.2, 0.25) is 25.7 Å². The first-order chi connectivity index (χ1) is 23.9. The third-order valence-corrected chi connectivity index (χ3v) is 10.5. The van der Waals surface area contributed by atoms with Gasteiger partial charge >= 0.3 is 11.9 Å². The molecule has 1 heterocycles. The molecule has 282 valence electrons. The van der Waals surface area contributed by atoms with Gasteiger partial charge in [0, 0.05) is 21.3 Å². The van der Waals surface area contributed by atoms with E-state index in [1.54, 1.807) is 55.5 Å². The summed E-state index contributed by atoms with van der Waals surface area (Å²) >= 11 is 0. The number of carbonyl (C=O) groups is 2. The first-order valence-corrected chi connectivity index (χ1v) is 22.6. The molecule has 0 saturated carbocycles. The zero-order valence-corrected chi connectivity index (χ0v) is 33.1. The Morgan fingerprint density at radius 1 is 1.06 bits per heavy atom. The lowest BCUT2D eigenvalue weighted by Crippen LogP contribution is -2.35. The first-order valence-electron chi connectivity index (χ1n) is 17.1. The van der Waals surface area contributed by atoms with E-state index in [0.29, 0.717) is 36.3 Å². The second kappa shape index (κ2) is 18.8. The van der Waals surface area contributed by atoms with Crippen LogP contribution >= 0.6 is 0 Å². The summed E-state index contributed by atoms with van der Waals surface area (Å²) < 4.78 is 63.1. The standard InChI is InChI=1S/C38H54O11SSi/c1-27(49-50(6,41)42)15-13-20-32(47-36(39)28-16-11-10-12-17-28)35-30(25-38(2,3)48-35)19-14-18-29-23-31(44-5)24-33(46-26-43-4)34(29)37(40)45-21-22-51(7,8)9/h10-14,16-18,20,23-24,27,30,32,35H,15,19,21-22,25-26H2,1-9H3/b18-14+,20-13-/t27-,30-,32?,35+/m1/s1. The number of carbonyl (C=O) groups excluding carboxylic acids is 2. The van der Waals surface area contributed by atoms with E-state index in [9.17, 15) is 18.0 Å². The third kappa shape index (κ3) is 14.2. The average molecular weight is 747 g/mol. The van der Waals surface area contributed by atoms with Crippen molar-refractivity contribution in [2.45, 2.75) is 89.6 Å². The molecule has 1 saturated heterocycles. The van der Waals surface area contributed by atoms with E-state index >= 15 is 0 Å². The van der Waals surface area contributed by atoms with Crippen molar-refractivity contribution in [3.05, 3.63) is 77.4 Å².